The number of benzene rings is 1. The van der Waals surface area contributed by atoms with Crippen LogP contribution >= 0.6 is 27.7 Å². The summed E-state index contributed by atoms with van der Waals surface area (Å²) in [6, 6.07) is 4.67. The largest absolute Gasteiger partial charge is 0.399 e. The molecular weight excluding hydrogens is 253 g/mol. The van der Waals surface area contributed by atoms with Crippen LogP contribution in [0.3, 0.4) is 0 Å². The van der Waals surface area contributed by atoms with Crippen molar-refractivity contribution in [3.63, 3.8) is 0 Å². The van der Waals surface area contributed by atoms with E-state index in [0.29, 0.717) is 16.3 Å². The van der Waals surface area contributed by atoms with Crippen molar-refractivity contribution < 1.29 is 4.39 Å². The molecule has 1 nitrogen and oxygen atoms in total. The summed E-state index contributed by atoms with van der Waals surface area (Å²) in [7, 11) is 0. The summed E-state index contributed by atoms with van der Waals surface area (Å²) in [6.07, 6.45) is 0. The van der Waals surface area contributed by atoms with Gasteiger partial charge in [-0.3, -0.25) is 0 Å². The van der Waals surface area contributed by atoms with E-state index < -0.39 is 0 Å². The predicted octanol–water partition coefficient (Wildman–Crippen LogP) is 3.41. The van der Waals surface area contributed by atoms with E-state index >= 15 is 0 Å². The van der Waals surface area contributed by atoms with E-state index in [4.69, 9.17) is 5.73 Å². The third-order valence-corrected chi connectivity index (χ3v) is 3.13. The van der Waals surface area contributed by atoms with E-state index in [1.807, 2.05) is 0 Å². The highest BCUT2D eigenvalue weighted by Crippen LogP contribution is 2.25. The van der Waals surface area contributed by atoms with Crippen LogP contribution in [0.15, 0.2) is 34.2 Å². The van der Waals surface area contributed by atoms with Crippen LogP contribution in [0, 0.1) is 5.82 Å². The summed E-state index contributed by atoms with van der Waals surface area (Å²) in [5, 5.41) is 0. The molecule has 1 aromatic rings. The summed E-state index contributed by atoms with van der Waals surface area (Å²) >= 11 is 4.60. The number of hydrogen-bond acceptors (Lipinski definition) is 2. The van der Waals surface area contributed by atoms with Crippen LogP contribution in [-0.4, -0.2) is 5.75 Å². The Morgan fingerprint density at radius 1 is 1.62 bits per heavy atom. The Morgan fingerprint density at radius 2 is 2.31 bits per heavy atom. The van der Waals surface area contributed by atoms with Gasteiger partial charge in [0.15, 0.2) is 0 Å². The van der Waals surface area contributed by atoms with Crippen LogP contribution in [0.4, 0.5) is 10.1 Å². The molecule has 2 N–H and O–H groups in total. The fourth-order valence-electron chi connectivity index (χ4n) is 0.790. The molecule has 1 rings (SSSR count). The van der Waals surface area contributed by atoms with Crippen molar-refractivity contribution >= 4 is 33.4 Å². The number of nitrogen functional groups attached to an aromatic ring is 1. The first-order chi connectivity index (χ1) is 6.09. The first kappa shape index (κ1) is 10.6. The molecule has 0 unspecified atom stereocenters. The Balaban J connectivity index is 2.72. The van der Waals surface area contributed by atoms with Crippen molar-refractivity contribution in [3.05, 3.63) is 35.1 Å². The summed E-state index contributed by atoms with van der Waals surface area (Å²) in [5.74, 6) is 0.375. The van der Waals surface area contributed by atoms with E-state index in [-0.39, 0.29) is 5.82 Å². The molecule has 0 aliphatic rings. The van der Waals surface area contributed by atoms with Crippen molar-refractivity contribution in [2.24, 2.45) is 0 Å². The minimum absolute atomic E-state index is 0.279. The molecule has 0 radical (unpaired) electrons. The van der Waals surface area contributed by atoms with Crippen LogP contribution < -0.4 is 5.73 Å². The molecule has 13 heavy (non-hydrogen) atoms. The molecule has 0 aliphatic carbocycles. The molecule has 1 aromatic carbocycles. The molecule has 0 saturated carbocycles. The van der Waals surface area contributed by atoms with Gasteiger partial charge in [-0.25, -0.2) is 4.39 Å². The molecule has 0 aromatic heterocycles. The molecule has 0 aliphatic heterocycles. The molecule has 70 valence electrons. The quantitative estimate of drug-likeness (QED) is 0.667. The van der Waals surface area contributed by atoms with Gasteiger partial charge >= 0.3 is 0 Å². The molecule has 0 saturated heterocycles. The second-order valence-electron chi connectivity index (χ2n) is 2.50. The molecule has 4 heteroatoms. The predicted molar refractivity (Wildman–Crippen MR) is 59.6 cm³/mol. The van der Waals surface area contributed by atoms with Gasteiger partial charge in [0, 0.05) is 16.3 Å². The monoisotopic (exact) mass is 261 g/mol. The van der Waals surface area contributed by atoms with Gasteiger partial charge in [0.05, 0.1) is 0 Å². The van der Waals surface area contributed by atoms with Crippen molar-refractivity contribution in [2.45, 2.75) is 4.90 Å². The molecule has 0 bridgehead atoms. The number of anilines is 1. The van der Waals surface area contributed by atoms with Gasteiger partial charge in [-0.2, -0.15) is 0 Å². The number of rotatable bonds is 3. The van der Waals surface area contributed by atoms with Gasteiger partial charge in [0.25, 0.3) is 0 Å². The van der Waals surface area contributed by atoms with Gasteiger partial charge in [-0.1, -0.05) is 22.5 Å². The summed E-state index contributed by atoms with van der Waals surface area (Å²) in [6.45, 7) is 3.67. The molecule has 0 fully saturated rings. The normalized spacial score (nSPS) is 10.0. The molecule has 0 atom stereocenters. The maximum absolute atomic E-state index is 13.2. The smallest absolute Gasteiger partial charge is 0.138 e. The van der Waals surface area contributed by atoms with Gasteiger partial charge in [-0.15, -0.1) is 11.8 Å². The van der Waals surface area contributed by atoms with Gasteiger partial charge in [0.2, 0.25) is 0 Å². The summed E-state index contributed by atoms with van der Waals surface area (Å²) in [4.78, 5) is 0.592. The minimum Gasteiger partial charge on any atom is -0.399 e. The molecule has 0 heterocycles. The number of thioether (sulfide) groups is 1. The Hall–Kier alpha value is -0.480. The molecule has 0 spiro atoms. The lowest BCUT2D eigenvalue weighted by Crippen LogP contribution is -1.88. The fourth-order valence-corrected chi connectivity index (χ4v) is 1.81. The standard InChI is InChI=1S/C9H9BrFNS/c1-6(10)5-13-9-3-2-7(12)4-8(9)11/h2-4H,1,5,12H2. The van der Waals surface area contributed by atoms with Gasteiger partial charge in [0.1, 0.15) is 5.82 Å². The SMILES string of the molecule is C=C(Br)CSc1ccc(N)cc1F. The van der Waals surface area contributed by atoms with E-state index in [1.165, 1.54) is 17.8 Å². The Bertz CT molecular complexity index is 327. The highest BCUT2D eigenvalue weighted by molar-refractivity contribution is 9.11. The zero-order valence-electron chi connectivity index (χ0n) is 6.89. The zero-order valence-corrected chi connectivity index (χ0v) is 9.29. The molecular formula is C9H9BrFNS. The summed E-state index contributed by atoms with van der Waals surface area (Å²) < 4.78 is 14.0. The second-order valence-corrected chi connectivity index (χ2v) is 4.63. The Kier molecular flexibility index (Phi) is 3.81. The van der Waals surface area contributed by atoms with Crippen molar-refractivity contribution in [2.75, 3.05) is 11.5 Å². The van der Waals surface area contributed by atoms with E-state index in [9.17, 15) is 4.39 Å². The topological polar surface area (TPSA) is 26.0 Å². The highest BCUT2D eigenvalue weighted by atomic mass is 79.9. The zero-order chi connectivity index (χ0) is 9.84. The van der Waals surface area contributed by atoms with E-state index in [1.54, 1.807) is 12.1 Å². The van der Waals surface area contributed by atoms with Crippen LogP contribution in [-0.2, 0) is 0 Å². The van der Waals surface area contributed by atoms with Crippen LogP contribution in [0.25, 0.3) is 0 Å². The van der Waals surface area contributed by atoms with Crippen LogP contribution in [0.2, 0.25) is 0 Å². The van der Waals surface area contributed by atoms with Crippen molar-refractivity contribution in [1.29, 1.82) is 0 Å². The number of hydrogen-bond donors (Lipinski definition) is 1. The summed E-state index contributed by atoms with van der Waals surface area (Å²) in [5.41, 5.74) is 5.85. The van der Waals surface area contributed by atoms with Crippen molar-refractivity contribution in [1.82, 2.24) is 0 Å². The number of nitrogens with two attached hydrogens (primary N) is 1. The maximum Gasteiger partial charge on any atom is 0.138 e. The minimum atomic E-state index is -0.279. The first-order valence-corrected chi connectivity index (χ1v) is 5.38. The van der Waals surface area contributed by atoms with Crippen LogP contribution in [0.1, 0.15) is 0 Å². The van der Waals surface area contributed by atoms with Crippen LogP contribution in [0.5, 0.6) is 0 Å². The Labute approximate surface area is 89.3 Å². The van der Waals surface area contributed by atoms with Gasteiger partial charge < -0.3 is 5.73 Å². The average molecular weight is 262 g/mol. The third-order valence-electron chi connectivity index (χ3n) is 1.34. The first-order valence-electron chi connectivity index (χ1n) is 3.60. The lowest BCUT2D eigenvalue weighted by atomic mass is 10.3. The van der Waals surface area contributed by atoms with E-state index in [0.717, 1.165) is 4.48 Å². The highest BCUT2D eigenvalue weighted by Gasteiger charge is 2.02. The third kappa shape index (κ3) is 3.40. The number of halogens is 2. The molecule has 0 amide bonds. The fraction of sp³-hybridized carbons (Fsp3) is 0.111. The Morgan fingerprint density at radius 3 is 2.85 bits per heavy atom. The maximum atomic E-state index is 13.2. The van der Waals surface area contributed by atoms with Crippen molar-refractivity contribution in [3.8, 4) is 0 Å². The van der Waals surface area contributed by atoms with Gasteiger partial charge in [-0.05, 0) is 22.7 Å². The lowest BCUT2D eigenvalue weighted by molar-refractivity contribution is 0.603. The lowest BCUT2D eigenvalue weighted by Gasteiger charge is -2.02. The average Bonchev–Trinajstić information content (AvgIpc) is 2.02. The second kappa shape index (κ2) is 4.67. The van der Waals surface area contributed by atoms with E-state index in [2.05, 4.69) is 22.5 Å².